The summed E-state index contributed by atoms with van der Waals surface area (Å²) in [6.07, 6.45) is 8.86. The third-order valence-corrected chi connectivity index (χ3v) is 7.79. The summed E-state index contributed by atoms with van der Waals surface area (Å²) in [7, 11) is 0. The van der Waals surface area contributed by atoms with Gasteiger partial charge >= 0.3 is 0 Å². The SMILES string of the molecule is C=C1/C=C\C(C(C)C)=C/CS/C(CCC(=O)NC(CNC(=O)C(=C)CN(CC)CC)C2CCOCC2)=N\1. The van der Waals surface area contributed by atoms with E-state index in [1.54, 1.807) is 11.8 Å². The molecule has 1 fully saturated rings. The minimum atomic E-state index is -0.157. The van der Waals surface area contributed by atoms with Gasteiger partial charge in [-0.25, -0.2) is 4.99 Å². The number of carbonyl (C=O) groups excluding carboxylic acids is 2. The van der Waals surface area contributed by atoms with Gasteiger partial charge in [-0.3, -0.25) is 14.5 Å². The third-order valence-electron chi connectivity index (χ3n) is 6.83. The Morgan fingerprint density at radius 1 is 1.22 bits per heavy atom. The summed E-state index contributed by atoms with van der Waals surface area (Å²) in [5, 5.41) is 7.12. The van der Waals surface area contributed by atoms with Crippen molar-refractivity contribution in [3.05, 3.63) is 48.2 Å². The number of aliphatic imine (C=N–C) groups is 1. The van der Waals surface area contributed by atoms with Gasteiger partial charge in [0.2, 0.25) is 11.8 Å². The number of carbonyl (C=O) groups is 2. The van der Waals surface area contributed by atoms with E-state index in [1.807, 2.05) is 6.08 Å². The topological polar surface area (TPSA) is 83.0 Å². The van der Waals surface area contributed by atoms with Crippen molar-refractivity contribution >= 4 is 28.6 Å². The van der Waals surface area contributed by atoms with Gasteiger partial charge in [0.15, 0.2) is 0 Å². The van der Waals surface area contributed by atoms with Crippen molar-refractivity contribution in [2.45, 2.75) is 59.4 Å². The van der Waals surface area contributed by atoms with Crippen LogP contribution in [-0.4, -0.2) is 72.9 Å². The summed E-state index contributed by atoms with van der Waals surface area (Å²) in [5.41, 5.74) is 2.51. The summed E-state index contributed by atoms with van der Waals surface area (Å²) in [4.78, 5) is 32.5. The van der Waals surface area contributed by atoms with Crippen LogP contribution in [0.2, 0.25) is 0 Å². The van der Waals surface area contributed by atoms with Gasteiger partial charge in [0, 0.05) is 56.5 Å². The third kappa shape index (κ3) is 11.4. The lowest BCUT2D eigenvalue weighted by Gasteiger charge is -2.31. The molecule has 37 heavy (non-hydrogen) atoms. The maximum atomic E-state index is 13.0. The Morgan fingerprint density at radius 3 is 2.57 bits per heavy atom. The van der Waals surface area contributed by atoms with Crippen molar-refractivity contribution in [1.82, 2.24) is 15.5 Å². The lowest BCUT2D eigenvalue weighted by atomic mass is 9.91. The van der Waals surface area contributed by atoms with Crippen LogP contribution in [0.4, 0.5) is 0 Å². The molecule has 1 atom stereocenters. The number of hydrogen-bond acceptors (Lipinski definition) is 6. The molecule has 8 heteroatoms. The van der Waals surface area contributed by atoms with Crippen molar-refractivity contribution in [2.75, 3.05) is 45.1 Å². The smallest absolute Gasteiger partial charge is 0.247 e. The van der Waals surface area contributed by atoms with E-state index < -0.39 is 0 Å². The Labute approximate surface area is 228 Å². The van der Waals surface area contributed by atoms with E-state index in [0.717, 1.165) is 36.7 Å². The maximum absolute atomic E-state index is 13.0. The molecule has 0 aromatic heterocycles. The summed E-state index contributed by atoms with van der Waals surface area (Å²) in [5.74, 6) is 1.33. The Hall–Kier alpha value is -2.16. The summed E-state index contributed by atoms with van der Waals surface area (Å²) >= 11 is 1.66. The van der Waals surface area contributed by atoms with Crippen LogP contribution in [0.3, 0.4) is 0 Å². The van der Waals surface area contributed by atoms with Crippen molar-refractivity contribution in [3.8, 4) is 0 Å². The molecule has 7 nitrogen and oxygen atoms in total. The molecule has 2 aliphatic rings. The molecule has 0 spiro atoms. The van der Waals surface area contributed by atoms with Crippen LogP contribution in [0, 0.1) is 11.8 Å². The van der Waals surface area contributed by atoms with E-state index in [4.69, 9.17) is 4.74 Å². The Kier molecular flexibility index (Phi) is 14.0. The quantitative estimate of drug-likeness (QED) is 0.343. The van der Waals surface area contributed by atoms with Crippen LogP contribution < -0.4 is 10.6 Å². The van der Waals surface area contributed by atoms with E-state index in [-0.39, 0.29) is 23.8 Å². The first-order valence-electron chi connectivity index (χ1n) is 13.6. The zero-order valence-electron chi connectivity index (χ0n) is 23.2. The Balaban J connectivity index is 1.94. The van der Waals surface area contributed by atoms with Crippen molar-refractivity contribution in [1.29, 1.82) is 0 Å². The van der Waals surface area contributed by atoms with Crippen LogP contribution in [-0.2, 0) is 14.3 Å². The fraction of sp³-hybridized carbons (Fsp3) is 0.621. The fourth-order valence-corrected chi connectivity index (χ4v) is 5.25. The number of allylic oxidation sites excluding steroid dienone is 3. The van der Waals surface area contributed by atoms with E-state index in [2.05, 4.69) is 73.5 Å². The van der Waals surface area contributed by atoms with Gasteiger partial charge in [0.05, 0.1) is 10.7 Å². The summed E-state index contributed by atoms with van der Waals surface area (Å²) < 4.78 is 5.52. The molecule has 0 aliphatic carbocycles. The highest BCUT2D eigenvalue weighted by atomic mass is 32.2. The molecular formula is C29H46N4O3S. The minimum absolute atomic E-state index is 0.0320. The van der Waals surface area contributed by atoms with Crippen molar-refractivity contribution in [3.63, 3.8) is 0 Å². The van der Waals surface area contributed by atoms with Crippen LogP contribution in [0.25, 0.3) is 0 Å². The van der Waals surface area contributed by atoms with Gasteiger partial charge < -0.3 is 15.4 Å². The molecule has 0 bridgehead atoms. The Bertz CT molecular complexity index is 884. The molecule has 0 radical (unpaired) electrons. The minimum Gasteiger partial charge on any atom is -0.381 e. The largest absolute Gasteiger partial charge is 0.381 e. The lowest BCUT2D eigenvalue weighted by Crippen LogP contribution is -2.49. The number of amides is 2. The molecule has 0 aromatic carbocycles. The van der Waals surface area contributed by atoms with Gasteiger partial charge in [-0.15, -0.1) is 11.8 Å². The van der Waals surface area contributed by atoms with Crippen molar-refractivity contribution < 1.29 is 14.3 Å². The fourth-order valence-electron chi connectivity index (χ4n) is 4.35. The molecule has 2 N–H and O–H groups in total. The number of nitrogens with zero attached hydrogens (tertiary/aromatic N) is 2. The maximum Gasteiger partial charge on any atom is 0.247 e. The van der Waals surface area contributed by atoms with Gasteiger partial charge in [0.25, 0.3) is 0 Å². The van der Waals surface area contributed by atoms with E-state index in [9.17, 15) is 9.59 Å². The average molecular weight is 531 g/mol. The molecular weight excluding hydrogens is 484 g/mol. The number of likely N-dealkylation sites (N-methyl/N-ethyl adjacent to an activating group) is 1. The van der Waals surface area contributed by atoms with E-state index in [1.165, 1.54) is 5.57 Å². The second-order valence-electron chi connectivity index (χ2n) is 9.90. The van der Waals surface area contributed by atoms with Crippen LogP contribution in [0.5, 0.6) is 0 Å². The van der Waals surface area contributed by atoms with Gasteiger partial charge in [-0.05, 0) is 49.4 Å². The zero-order valence-corrected chi connectivity index (χ0v) is 24.0. The van der Waals surface area contributed by atoms with Gasteiger partial charge in [-0.1, -0.05) is 53.0 Å². The molecule has 1 saturated heterocycles. The monoisotopic (exact) mass is 530 g/mol. The molecule has 0 saturated carbocycles. The molecule has 2 amide bonds. The predicted octanol–water partition coefficient (Wildman–Crippen LogP) is 4.49. The number of ether oxygens (including phenoxy) is 1. The standard InChI is InChI=1S/C29H46N4O3S/c1-7-33(8-2)20-22(5)29(35)30-19-26(25-13-16-36-17-14-25)32-27(34)11-12-28-31-23(6)9-10-24(21(3)4)15-18-37-28/h9-10,15,21,25-26H,5-8,11-14,16-20H2,1-4H3,(H,30,35)(H,32,34)/b10-9-,24-15+,31-28-. The second kappa shape index (κ2) is 16.6. The molecule has 2 aliphatic heterocycles. The number of thioether (sulfide) groups is 1. The highest BCUT2D eigenvalue weighted by molar-refractivity contribution is 8.14. The van der Waals surface area contributed by atoms with E-state index >= 15 is 0 Å². The number of nitrogens with one attached hydrogen (secondary N) is 2. The molecule has 2 heterocycles. The molecule has 2 rings (SSSR count). The first kappa shape index (κ1) is 31.1. The molecule has 0 aromatic rings. The van der Waals surface area contributed by atoms with Crippen LogP contribution in [0.15, 0.2) is 53.2 Å². The first-order chi connectivity index (χ1) is 17.7. The first-order valence-corrected chi connectivity index (χ1v) is 14.5. The predicted molar refractivity (Wildman–Crippen MR) is 156 cm³/mol. The highest BCUT2D eigenvalue weighted by Gasteiger charge is 2.26. The van der Waals surface area contributed by atoms with Crippen LogP contribution >= 0.6 is 11.8 Å². The highest BCUT2D eigenvalue weighted by Crippen LogP contribution is 2.21. The zero-order chi connectivity index (χ0) is 27.2. The van der Waals surface area contributed by atoms with Crippen molar-refractivity contribution in [2.24, 2.45) is 16.8 Å². The number of hydrogen-bond donors (Lipinski definition) is 2. The number of rotatable bonds is 13. The lowest BCUT2D eigenvalue weighted by molar-refractivity contribution is -0.123. The van der Waals surface area contributed by atoms with Gasteiger partial charge in [-0.2, -0.15) is 0 Å². The van der Waals surface area contributed by atoms with Crippen LogP contribution in [0.1, 0.15) is 53.4 Å². The summed E-state index contributed by atoms with van der Waals surface area (Å²) in [6.45, 7) is 20.5. The van der Waals surface area contributed by atoms with Gasteiger partial charge in [0.1, 0.15) is 0 Å². The average Bonchev–Trinajstić information content (AvgIpc) is 2.98. The Morgan fingerprint density at radius 2 is 1.92 bits per heavy atom. The van der Waals surface area contributed by atoms with E-state index in [0.29, 0.717) is 56.3 Å². The molecule has 1 unspecified atom stereocenters. The summed E-state index contributed by atoms with van der Waals surface area (Å²) in [6, 6.07) is -0.147. The second-order valence-corrected chi connectivity index (χ2v) is 11.0. The molecule has 206 valence electrons. The normalized spacial score (nSPS) is 21.6.